The van der Waals surface area contributed by atoms with Crippen molar-refractivity contribution in [2.24, 2.45) is 0 Å². The molecule has 1 N–H and O–H groups in total. The van der Waals surface area contributed by atoms with Crippen LogP contribution in [0, 0.1) is 0 Å². The van der Waals surface area contributed by atoms with E-state index in [0.717, 1.165) is 36.1 Å². The molecule has 172 valence electrons. The van der Waals surface area contributed by atoms with Gasteiger partial charge in [-0.05, 0) is 57.0 Å². The molecule has 0 unspecified atom stereocenters. The molecule has 32 heavy (non-hydrogen) atoms. The Kier molecular flexibility index (Phi) is 6.65. The summed E-state index contributed by atoms with van der Waals surface area (Å²) in [5, 5.41) is 3.03. The maximum Gasteiger partial charge on any atom is 0.253 e. The van der Waals surface area contributed by atoms with Gasteiger partial charge in [0.25, 0.3) is 5.91 Å². The van der Waals surface area contributed by atoms with Gasteiger partial charge in [0.05, 0.1) is 22.1 Å². The van der Waals surface area contributed by atoms with Crippen molar-refractivity contribution >= 4 is 27.5 Å². The van der Waals surface area contributed by atoms with Crippen molar-refractivity contribution in [3.8, 4) is 11.5 Å². The molecule has 2 aliphatic rings. The predicted octanol–water partition coefficient (Wildman–Crippen LogP) is 3.78. The molecule has 7 nitrogen and oxygen atoms in total. The van der Waals surface area contributed by atoms with E-state index < -0.39 is 15.9 Å². The molecule has 0 bridgehead atoms. The summed E-state index contributed by atoms with van der Waals surface area (Å²) < 4.78 is 38.8. The van der Waals surface area contributed by atoms with E-state index in [4.69, 9.17) is 21.1 Å². The van der Waals surface area contributed by atoms with Gasteiger partial charge < -0.3 is 14.8 Å². The molecule has 4 rings (SSSR count). The average molecular weight is 479 g/mol. The zero-order valence-corrected chi connectivity index (χ0v) is 19.8. The maximum absolute atomic E-state index is 12.9. The van der Waals surface area contributed by atoms with Crippen LogP contribution in [0.25, 0.3) is 0 Å². The number of nitrogens with one attached hydrogen (secondary N) is 1. The smallest absolute Gasteiger partial charge is 0.253 e. The van der Waals surface area contributed by atoms with E-state index >= 15 is 0 Å². The maximum atomic E-state index is 12.9. The topological polar surface area (TPSA) is 84.9 Å². The SMILES string of the molecule is CCOc1cc2c(cc1CNC(=O)c1cc(S(=O)(=O)N3CCCC3)ccc1Cl)O[C@H](C)C2. The summed E-state index contributed by atoms with van der Waals surface area (Å²) in [6, 6.07) is 8.09. The largest absolute Gasteiger partial charge is 0.494 e. The van der Waals surface area contributed by atoms with Crippen molar-refractivity contribution in [1.82, 2.24) is 9.62 Å². The van der Waals surface area contributed by atoms with Crippen molar-refractivity contribution in [1.29, 1.82) is 0 Å². The van der Waals surface area contributed by atoms with E-state index in [1.807, 2.05) is 26.0 Å². The molecule has 0 aliphatic carbocycles. The van der Waals surface area contributed by atoms with E-state index in [-0.39, 0.29) is 28.1 Å². The van der Waals surface area contributed by atoms with Crippen LogP contribution in [0.4, 0.5) is 0 Å². The quantitative estimate of drug-likeness (QED) is 0.654. The number of nitrogens with zero attached hydrogens (tertiary/aromatic N) is 1. The highest BCUT2D eigenvalue weighted by molar-refractivity contribution is 7.89. The summed E-state index contributed by atoms with van der Waals surface area (Å²) in [6.45, 7) is 5.59. The highest BCUT2D eigenvalue weighted by Crippen LogP contribution is 2.35. The van der Waals surface area contributed by atoms with Crippen LogP contribution in [0.15, 0.2) is 35.2 Å². The number of amides is 1. The normalized spacial score (nSPS) is 18.3. The molecular formula is C23H27ClN2O5S. The second kappa shape index (κ2) is 9.29. The molecule has 2 aliphatic heterocycles. The van der Waals surface area contributed by atoms with Gasteiger partial charge >= 0.3 is 0 Å². The van der Waals surface area contributed by atoms with Gasteiger partial charge in [-0.1, -0.05) is 11.6 Å². The van der Waals surface area contributed by atoms with Gasteiger partial charge in [0.1, 0.15) is 17.6 Å². The number of halogens is 1. The van der Waals surface area contributed by atoms with Gasteiger partial charge in [-0.3, -0.25) is 4.79 Å². The fourth-order valence-corrected chi connectivity index (χ4v) is 5.84. The first-order valence-corrected chi connectivity index (χ1v) is 12.6. The molecule has 2 aromatic carbocycles. The Balaban J connectivity index is 1.54. The summed E-state index contributed by atoms with van der Waals surface area (Å²) in [6.07, 6.45) is 2.59. The van der Waals surface area contributed by atoms with Crippen LogP contribution in [-0.4, -0.2) is 44.4 Å². The first-order valence-electron chi connectivity index (χ1n) is 10.8. The van der Waals surface area contributed by atoms with Crippen molar-refractivity contribution in [2.45, 2.75) is 50.7 Å². The second-order valence-corrected chi connectivity index (χ2v) is 10.4. The molecule has 1 saturated heterocycles. The van der Waals surface area contributed by atoms with Gasteiger partial charge in [0, 0.05) is 37.2 Å². The van der Waals surface area contributed by atoms with Crippen molar-refractivity contribution in [3.63, 3.8) is 0 Å². The number of rotatable bonds is 7. The summed E-state index contributed by atoms with van der Waals surface area (Å²) in [4.78, 5) is 13.0. The number of ether oxygens (including phenoxy) is 2. The van der Waals surface area contributed by atoms with Crippen LogP contribution >= 0.6 is 11.6 Å². The van der Waals surface area contributed by atoms with E-state index in [2.05, 4.69) is 5.32 Å². The number of carbonyl (C=O) groups is 1. The second-order valence-electron chi connectivity index (χ2n) is 8.07. The lowest BCUT2D eigenvalue weighted by molar-refractivity contribution is 0.0950. The van der Waals surface area contributed by atoms with Crippen molar-refractivity contribution in [2.75, 3.05) is 19.7 Å². The Bertz CT molecular complexity index is 1130. The molecule has 1 atom stereocenters. The molecule has 1 amide bonds. The molecule has 0 saturated carbocycles. The summed E-state index contributed by atoms with van der Waals surface area (Å²) in [5.41, 5.74) is 1.99. The summed E-state index contributed by atoms with van der Waals surface area (Å²) in [5.74, 6) is 1.04. The first-order chi connectivity index (χ1) is 15.3. The number of benzene rings is 2. The zero-order valence-electron chi connectivity index (χ0n) is 18.2. The number of carbonyl (C=O) groups excluding carboxylic acids is 1. The molecular weight excluding hydrogens is 452 g/mol. The highest BCUT2D eigenvalue weighted by atomic mass is 35.5. The van der Waals surface area contributed by atoms with E-state index in [9.17, 15) is 13.2 Å². The minimum Gasteiger partial charge on any atom is -0.494 e. The molecule has 0 radical (unpaired) electrons. The van der Waals surface area contributed by atoms with Crippen LogP contribution < -0.4 is 14.8 Å². The molecule has 2 heterocycles. The number of fused-ring (bicyclic) bond motifs is 1. The minimum absolute atomic E-state index is 0.0730. The Morgan fingerprint density at radius 3 is 2.72 bits per heavy atom. The molecule has 0 spiro atoms. The van der Waals surface area contributed by atoms with Crippen LogP contribution in [0.3, 0.4) is 0 Å². The predicted molar refractivity (Wildman–Crippen MR) is 122 cm³/mol. The number of hydrogen-bond acceptors (Lipinski definition) is 5. The third kappa shape index (κ3) is 4.58. The Labute approximate surface area is 193 Å². The van der Waals surface area contributed by atoms with Crippen LogP contribution in [0.1, 0.15) is 48.2 Å². The summed E-state index contributed by atoms with van der Waals surface area (Å²) in [7, 11) is -3.65. The van der Waals surface area contributed by atoms with Crippen molar-refractivity contribution in [3.05, 3.63) is 52.0 Å². The van der Waals surface area contributed by atoms with Crippen molar-refractivity contribution < 1.29 is 22.7 Å². The minimum atomic E-state index is -3.65. The highest BCUT2D eigenvalue weighted by Gasteiger charge is 2.28. The van der Waals surface area contributed by atoms with E-state index in [1.54, 1.807) is 0 Å². The van der Waals surface area contributed by atoms with Crippen LogP contribution in [0.5, 0.6) is 11.5 Å². The number of sulfonamides is 1. The van der Waals surface area contributed by atoms with Crippen LogP contribution in [0.2, 0.25) is 5.02 Å². The van der Waals surface area contributed by atoms with Gasteiger partial charge in [-0.2, -0.15) is 4.31 Å². The Morgan fingerprint density at radius 1 is 1.25 bits per heavy atom. The zero-order chi connectivity index (χ0) is 22.9. The lowest BCUT2D eigenvalue weighted by atomic mass is 10.1. The third-order valence-corrected chi connectivity index (χ3v) is 7.93. The van der Waals surface area contributed by atoms with Gasteiger partial charge in [-0.25, -0.2) is 8.42 Å². The van der Waals surface area contributed by atoms with Gasteiger partial charge in [0.2, 0.25) is 10.0 Å². The van der Waals surface area contributed by atoms with Gasteiger partial charge in [-0.15, -0.1) is 0 Å². The summed E-state index contributed by atoms with van der Waals surface area (Å²) >= 11 is 6.24. The molecule has 1 fully saturated rings. The average Bonchev–Trinajstić information content (AvgIpc) is 3.41. The van der Waals surface area contributed by atoms with Crippen LogP contribution in [-0.2, 0) is 23.0 Å². The third-order valence-electron chi connectivity index (χ3n) is 5.70. The fraction of sp³-hybridized carbons (Fsp3) is 0.435. The van der Waals surface area contributed by atoms with Gasteiger partial charge in [0.15, 0.2) is 0 Å². The number of hydrogen-bond donors (Lipinski definition) is 1. The molecule has 9 heteroatoms. The lowest BCUT2D eigenvalue weighted by Gasteiger charge is -2.17. The Morgan fingerprint density at radius 2 is 2.00 bits per heavy atom. The standard InChI is InChI=1S/C23H27ClN2O5S/c1-3-30-21-11-16-10-15(2)31-22(16)12-17(21)14-25-23(27)19-13-18(6-7-20(19)24)32(28,29)26-8-4-5-9-26/h6-7,11-13,15H,3-5,8-10,14H2,1-2H3,(H,25,27)/t15-/m1/s1. The fourth-order valence-electron chi connectivity index (χ4n) is 4.10. The monoisotopic (exact) mass is 478 g/mol. The molecule has 0 aromatic heterocycles. The van der Waals surface area contributed by atoms with E-state index in [0.29, 0.717) is 25.4 Å². The Hall–Kier alpha value is -2.29. The first kappa shape index (κ1) is 22.9. The van der Waals surface area contributed by atoms with E-state index in [1.165, 1.54) is 22.5 Å². The molecule has 2 aromatic rings. The lowest BCUT2D eigenvalue weighted by Crippen LogP contribution is -2.28.